The van der Waals surface area contributed by atoms with E-state index in [1.165, 1.54) is 5.56 Å². The van der Waals surface area contributed by atoms with Crippen LogP contribution in [-0.4, -0.2) is 233 Å². The standard InChI is InChI=1S/C29H28N6O2.C28H27N7O3.C27H27N7O4.C26H32N6O4/c1-20-9-10-30-22(12-20)6-5-11-35(24-13-25(36-3)16-26(14-24)37-4)23-7-8-27-28(15-23)33-29(18-31-27)21-17-32-34(2)19-21;1-34-18-19(16-31-34)26-17-30-24-8-7-20(14-25(24)32-26)35(21-12-22(36-2)15-23(13-21)37-3)11-5-6-27-29-10-9-28(33-27)38-4;1-33-15-17(13-29-33)24-14-28-22-7-6-18(10-23(22)30-24)34(19-8-20(35-2)11-21(9-19)36-3)16-25-31-26(37-4)12-27(32-25)38-5;1-34-17-21(33)16-32(20-9-22(35-2)12-23(10-20)36-3)19-5-6-24-25(11-19)30-26(14-28-24)18-13-29-31(15-18)8-4-7-27/h5-10,12-19H,11H2,1-4H3;5-10,12-18H,11H2,1-4H3;6-15H,16H2,1-5H3;5-6,9-15,21,33H,4,7-8,16-17,27H2,1-3H3/b6-5-;6-5+;;/t;;;21-/m...0/s1. The van der Waals surface area contributed by atoms with E-state index in [1.54, 1.807) is 173 Å². The Hall–Kier alpha value is -18.4. The van der Waals surface area contributed by atoms with Gasteiger partial charge in [-0.05, 0) is 123 Å². The fourth-order valence-corrected chi connectivity index (χ4v) is 16.0. The summed E-state index contributed by atoms with van der Waals surface area (Å²) in [5.74, 6) is 7.74. The summed E-state index contributed by atoms with van der Waals surface area (Å²) < 4.78 is 72.3. The zero-order chi connectivity index (χ0) is 104. The van der Waals surface area contributed by atoms with Crippen LogP contribution < -0.4 is 77.4 Å². The Morgan fingerprint density at radius 3 is 1.07 bits per heavy atom. The molecule has 0 spiro atoms. The molecule has 11 aromatic heterocycles. The van der Waals surface area contributed by atoms with E-state index in [1.807, 2.05) is 230 Å². The Morgan fingerprint density at radius 1 is 0.336 bits per heavy atom. The van der Waals surface area contributed by atoms with E-state index < -0.39 is 6.10 Å². The van der Waals surface area contributed by atoms with Crippen LogP contribution in [0.15, 0.2) is 269 Å². The summed E-state index contributed by atoms with van der Waals surface area (Å²) in [7, 11) is 24.9. The first-order chi connectivity index (χ1) is 72.6. The topological polar surface area (TPSA) is 409 Å². The molecule has 1 atom stereocenters. The largest absolute Gasteiger partial charge is 0.497 e. The highest BCUT2D eigenvalue weighted by atomic mass is 16.5. The molecule has 0 amide bonds. The Balaban J connectivity index is 0.000000142. The van der Waals surface area contributed by atoms with Gasteiger partial charge in [-0.2, -0.15) is 35.3 Å². The van der Waals surface area contributed by atoms with Gasteiger partial charge >= 0.3 is 0 Å². The van der Waals surface area contributed by atoms with Gasteiger partial charge in [0.25, 0.3) is 0 Å². The zero-order valence-corrected chi connectivity index (χ0v) is 85.4. The summed E-state index contributed by atoms with van der Waals surface area (Å²) in [5, 5.41) is 27.8. The summed E-state index contributed by atoms with van der Waals surface area (Å²) in [4.78, 5) is 68.4. The molecule has 0 saturated carbocycles. The number of nitrogens with two attached hydrogens (primary N) is 1. The maximum Gasteiger partial charge on any atom is 0.220 e. The Kier molecular flexibility index (Phi) is 34.2. The quantitative estimate of drug-likeness (QED) is 0.0363. The number of methoxy groups -OCH3 is 12. The van der Waals surface area contributed by atoms with Crippen LogP contribution in [0.5, 0.6) is 63.6 Å². The van der Waals surface area contributed by atoms with Gasteiger partial charge < -0.3 is 87.3 Å². The molecule has 0 aliphatic carbocycles. The van der Waals surface area contributed by atoms with Crippen LogP contribution in [0.1, 0.15) is 29.3 Å². The number of benzene rings is 8. The third-order valence-corrected chi connectivity index (χ3v) is 23.6. The molecule has 0 bridgehead atoms. The number of aryl methyl sites for hydroxylation is 5. The van der Waals surface area contributed by atoms with Gasteiger partial charge in [0.2, 0.25) is 17.6 Å². The van der Waals surface area contributed by atoms with Crippen LogP contribution in [0.2, 0.25) is 0 Å². The van der Waals surface area contributed by atoms with Gasteiger partial charge in [0.15, 0.2) is 11.6 Å². The third-order valence-electron chi connectivity index (χ3n) is 23.6. The number of anilines is 8. The van der Waals surface area contributed by atoms with E-state index in [-0.39, 0.29) is 13.2 Å². The molecule has 149 heavy (non-hydrogen) atoms. The molecule has 0 aliphatic heterocycles. The molecule has 0 unspecified atom stereocenters. The zero-order valence-electron chi connectivity index (χ0n) is 85.4. The van der Waals surface area contributed by atoms with Crippen LogP contribution >= 0.6 is 0 Å². The lowest BCUT2D eigenvalue weighted by Gasteiger charge is -2.28. The van der Waals surface area contributed by atoms with Crippen molar-refractivity contribution in [2.45, 2.75) is 32.5 Å². The van der Waals surface area contributed by atoms with Crippen molar-refractivity contribution in [2.75, 3.05) is 138 Å². The van der Waals surface area contributed by atoms with E-state index in [0.717, 1.165) is 153 Å². The number of nitrogens with zero attached hydrogens (tertiary/aromatic N) is 25. The van der Waals surface area contributed by atoms with Crippen LogP contribution in [0.4, 0.5) is 45.5 Å². The molecule has 3 N–H and O–H groups in total. The van der Waals surface area contributed by atoms with Crippen LogP contribution in [0.25, 0.3) is 101 Å². The molecule has 39 heteroatoms. The first kappa shape index (κ1) is 104. The number of hydrogen-bond acceptors (Lipinski definition) is 35. The molecule has 19 rings (SSSR count). The highest BCUT2D eigenvalue weighted by molar-refractivity contribution is 5.88. The van der Waals surface area contributed by atoms with E-state index in [4.69, 9.17) is 82.5 Å². The molecule has 11 heterocycles. The summed E-state index contributed by atoms with van der Waals surface area (Å²) in [6.07, 6.45) is 33.4. The SMILES string of the molecule is COC[C@@H](O)CN(c1cc(OC)cc(OC)c1)c1ccc2ncc(-c3cnn(CCCN)c3)nc2c1.COc1cc(OC)cc(N(C/C=C/c2nccc(OC)n2)c2ccc3ncc(-c4cnn(C)c4)nc3c2)c1.COc1cc(OC)cc(N(C/C=C\c2cc(C)ccn2)c2ccc3ncc(-c4cnn(C)c4)nc3c2)c1.COc1cc(OC)cc(N(Cc2nc(OC)cc(OC)n2)c2ccc3ncc(-c4cnn(C)c4)nc3c2)c1. The minimum absolute atomic E-state index is 0.198. The summed E-state index contributed by atoms with van der Waals surface area (Å²) in [6.45, 7) is 5.31. The molecule has 0 saturated heterocycles. The highest BCUT2D eigenvalue weighted by Gasteiger charge is 2.24. The maximum atomic E-state index is 10.6. The normalized spacial score (nSPS) is 11.3. The van der Waals surface area contributed by atoms with Gasteiger partial charge in [0.1, 0.15) is 46.0 Å². The molecule has 0 radical (unpaired) electrons. The molecular weight excluding hydrogens is 1890 g/mol. The predicted octanol–water partition coefficient (Wildman–Crippen LogP) is 17.5. The summed E-state index contributed by atoms with van der Waals surface area (Å²) in [6, 6.07) is 54.0. The molecule has 8 aromatic carbocycles. The average Bonchev–Trinajstić information content (AvgIpc) is 1.65. The minimum atomic E-state index is -0.723. The molecule has 0 aliphatic rings. The lowest BCUT2D eigenvalue weighted by molar-refractivity contribution is 0.0701. The fourth-order valence-electron chi connectivity index (χ4n) is 16.0. The van der Waals surface area contributed by atoms with Gasteiger partial charge in [-0.3, -0.25) is 43.6 Å². The predicted molar refractivity (Wildman–Crippen MR) is 573 cm³/mol. The van der Waals surface area contributed by atoms with Crippen molar-refractivity contribution < 1.29 is 61.9 Å². The summed E-state index contributed by atoms with van der Waals surface area (Å²) >= 11 is 0. The van der Waals surface area contributed by atoms with Crippen LogP contribution in [0, 0.1) is 6.92 Å². The highest BCUT2D eigenvalue weighted by Crippen LogP contribution is 2.42. The Labute approximate surface area is 860 Å². The number of fused-ring (bicyclic) bond motifs is 4. The molecular formula is C110H114N26O13. The van der Waals surface area contributed by atoms with Crippen molar-refractivity contribution in [3.63, 3.8) is 0 Å². The first-order valence-electron chi connectivity index (χ1n) is 47.2. The van der Waals surface area contributed by atoms with Crippen molar-refractivity contribution in [3.8, 4) is 109 Å². The maximum absolute atomic E-state index is 10.6. The van der Waals surface area contributed by atoms with Gasteiger partial charge in [-0.25, -0.2) is 24.9 Å². The Bertz CT molecular complexity index is 7760. The van der Waals surface area contributed by atoms with E-state index in [0.29, 0.717) is 101 Å². The lowest BCUT2D eigenvalue weighted by Crippen LogP contribution is -2.31. The molecule has 19 aromatic rings. The van der Waals surface area contributed by atoms with Crippen LogP contribution in [0.3, 0.4) is 0 Å². The number of aromatic nitrogens is 21. The number of pyridine rings is 1. The second-order valence-electron chi connectivity index (χ2n) is 33.8. The van der Waals surface area contributed by atoms with Crippen molar-refractivity contribution in [1.29, 1.82) is 0 Å². The van der Waals surface area contributed by atoms with E-state index >= 15 is 0 Å². The number of aliphatic hydroxyl groups is 1. The third kappa shape index (κ3) is 26.4. The average molecular weight is 2010 g/mol. The number of ether oxygens (including phenoxy) is 12. The first-order valence-corrected chi connectivity index (χ1v) is 47.2. The minimum Gasteiger partial charge on any atom is -0.497 e. The van der Waals surface area contributed by atoms with Crippen LogP contribution in [-0.2, 0) is 39.0 Å². The smallest absolute Gasteiger partial charge is 0.220 e. The molecule has 0 fully saturated rings. The second kappa shape index (κ2) is 49.3. The number of aliphatic hydroxyl groups excluding tert-OH is 1. The van der Waals surface area contributed by atoms with Crippen molar-refractivity contribution >= 4 is 102 Å². The Morgan fingerprint density at radius 2 is 0.698 bits per heavy atom. The van der Waals surface area contributed by atoms with E-state index in [9.17, 15) is 5.11 Å². The van der Waals surface area contributed by atoms with Gasteiger partial charge in [0.05, 0.1) is 232 Å². The van der Waals surface area contributed by atoms with Crippen molar-refractivity contribution in [2.24, 2.45) is 26.9 Å². The number of rotatable bonds is 38. The second-order valence-corrected chi connectivity index (χ2v) is 33.8. The molecule has 762 valence electrons. The summed E-state index contributed by atoms with van der Waals surface area (Å²) in [5.41, 5.74) is 27.4. The van der Waals surface area contributed by atoms with Gasteiger partial charge in [0, 0.05) is 232 Å². The van der Waals surface area contributed by atoms with E-state index in [2.05, 4.69) is 94.1 Å². The molecule has 39 nitrogen and oxygen atoms in total. The van der Waals surface area contributed by atoms with Crippen molar-refractivity contribution in [3.05, 3.63) is 292 Å². The monoisotopic (exact) mass is 2010 g/mol. The van der Waals surface area contributed by atoms with Crippen molar-refractivity contribution in [1.82, 2.24) is 104 Å². The fraction of sp³-hybridized carbons (Fsp3) is 0.227. The van der Waals surface area contributed by atoms with Gasteiger partial charge in [-0.1, -0.05) is 12.2 Å². The number of hydrogen-bond donors (Lipinski definition) is 2. The van der Waals surface area contributed by atoms with Gasteiger partial charge in [-0.15, -0.1) is 0 Å². The lowest BCUT2D eigenvalue weighted by atomic mass is 10.1.